The van der Waals surface area contributed by atoms with E-state index in [4.69, 9.17) is 0 Å². The highest BCUT2D eigenvalue weighted by molar-refractivity contribution is 5.16. The van der Waals surface area contributed by atoms with Crippen LogP contribution in [0.5, 0.6) is 0 Å². The van der Waals surface area contributed by atoms with Gasteiger partial charge in [0.05, 0.1) is 12.0 Å². The lowest BCUT2D eigenvalue weighted by Gasteiger charge is -2.13. The molecule has 0 atom stereocenters. The van der Waals surface area contributed by atoms with Crippen molar-refractivity contribution in [3.63, 3.8) is 0 Å². The third-order valence-electron chi connectivity index (χ3n) is 3.86. The number of fused-ring (bicyclic) bond motifs is 1. The van der Waals surface area contributed by atoms with Crippen LogP contribution in [0, 0.1) is 0 Å². The lowest BCUT2D eigenvalue weighted by molar-refractivity contribution is 0.536. The molecule has 1 aromatic heterocycles. The summed E-state index contributed by atoms with van der Waals surface area (Å²) in [6.07, 6.45) is 12.5. The van der Waals surface area contributed by atoms with Crippen molar-refractivity contribution in [3.05, 3.63) is 17.7 Å². The molecule has 102 valence electrons. The molecular weight excluding hydrogens is 222 g/mol. The second kappa shape index (κ2) is 7.57. The van der Waals surface area contributed by atoms with E-state index in [9.17, 15) is 0 Å². The summed E-state index contributed by atoms with van der Waals surface area (Å²) in [6.45, 7) is 5.61. The number of nitrogens with one attached hydrogen (secondary N) is 1. The Kier molecular flexibility index (Phi) is 5.72. The standard InChI is InChI=1S/C15H27N3/c1-2-16-11-7-3-4-8-12-18-13-17-14-9-5-6-10-15(14)18/h13,16H,2-12H2,1H3. The van der Waals surface area contributed by atoms with Gasteiger partial charge in [-0.3, -0.25) is 0 Å². The number of aromatic nitrogens is 2. The van der Waals surface area contributed by atoms with Gasteiger partial charge in [-0.2, -0.15) is 0 Å². The fourth-order valence-corrected chi connectivity index (χ4v) is 2.79. The maximum absolute atomic E-state index is 4.55. The van der Waals surface area contributed by atoms with Gasteiger partial charge in [-0.1, -0.05) is 19.8 Å². The Morgan fingerprint density at radius 1 is 1.17 bits per heavy atom. The quantitative estimate of drug-likeness (QED) is 0.718. The van der Waals surface area contributed by atoms with Crippen molar-refractivity contribution in [2.45, 2.75) is 64.8 Å². The molecule has 3 heteroatoms. The molecule has 1 aromatic rings. The summed E-state index contributed by atoms with van der Waals surface area (Å²) in [5, 5.41) is 3.38. The number of unbranched alkanes of at least 4 members (excludes halogenated alkanes) is 3. The van der Waals surface area contributed by atoms with Crippen LogP contribution in [0.4, 0.5) is 0 Å². The molecule has 1 heterocycles. The maximum Gasteiger partial charge on any atom is 0.0951 e. The third kappa shape index (κ3) is 3.84. The molecule has 1 aliphatic carbocycles. The number of hydrogen-bond donors (Lipinski definition) is 1. The summed E-state index contributed by atoms with van der Waals surface area (Å²) in [4.78, 5) is 4.55. The first-order valence-corrected chi connectivity index (χ1v) is 7.65. The Morgan fingerprint density at radius 3 is 2.89 bits per heavy atom. The van der Waals surface area contributed by atoms with Crippen LogP contribution < -0.4 is 5.32 Å². The van der Waals surface area contributed by atoms with Crippen LogP contribution >= 0.6 is 0 Å². The molecule has 18 heavy (non-hydrogen) atoms. The number of aryl methyl sites for hydroxylation is 2. The van der Waals surface area contributed by atoms with Crippen LogP contribution in [0.25, 0.3) is 0 Å². The van der Waals surface area contributed by atoms with Crippen LogP contribution in [0.2, 0.25) is 0 Å². The summed E-state index contributed by atoms with van der Waals surface area (Å²) in [6, 6.07) is 0. The molecule has 1 aliphatic rings. The van der Waals surface area contributed by atoms with Crippen molar-refractivity contribution in [1.29, 1.82) is 0 Å². The van der Waals surface area contributed by atoms with E-state index < -0.39 is 0 Å². The fourth-order valence-electron chi connectivity index (χ4n) is 2.79. The molecule has 0 unspecified atom stereocenters. The molecule has 0 bridgehead atoms. The van der Waals surface area contributed by atoms with Gasteiger partial charge in [-0.15, -0.1) is 0 Å². The molecule has 0 amide bonds. The normalized spacial score (nSPS) is 14.7. The Hall–Kier alpha value is -0.830. The van der Waals surface area contributed by atoms with Crippen molar-refractivity contribution in [2.75, 3.05) is 13.1 Å². The van der Waals surface area contributed by atoms with E-state index in [1.165, 1.54) is 75.8 Å². The zero-order valence-electron chi connectivity index (χ0n) is 11.7. The van der Waals surface area contributed by atoms with Gasteiger partial charge in [0, 0.05) is 12.2 Å². The Bertz CT molecular complexity index is 344. The lowest BCUT2D eigenvalue weighted by Crippen LogP contribution is -2.13. The molecule has 0 spiro atoms. The number of hydrogen-bond acceptors (Lipinski definition) is 2. The van der Waals surface area contributed by atoms with Gasteiger partial charge in [0.25, 0.3) is 0 Å². The molecule has 3 nitrogen and oxygen atoms in total. The molecule has 0 aromatic carbocycles. The predicted molar refractivity (Wildman–Crippen MR) is 75.9 cm³/mol. The topological polar surface area (TPSA) is 29.9 Å². The molecule has 2 rings (SSSR count). The van der Waals surface area contributed by atoms with Gasteiger partial charge >= 0.3 is 0 Å². The molecule has 0 aliphatic heterocycles. The average Bonchev–Trinajstić information content (AvgIpc) is 2.81. The van der Waals surface area contributed by atoms with Crippen LogP contribution in [-0.4, -0.2) is 22.6 Å². The monoisotopic (exact) mass is 249 g/mol. The van der Waals surface area contributed by atoms with E-state index in [2.05, 4.69) is 28.1 Å². The van der Waals surface area contributed by atoms with Crippen LogP contribution in [0.3, 0.4) is 0 Å². The van der Waals surface area contributed by atoms with E-state index in [0.29, 0.717) is 0 Å². The predicted octanol–water partition coefficient (Wildman–Crippen LogP) is 2.93. The summed E-state index contributed by atoms with van der Waals surface area (Å²) in [5.74, 6) is 0. The minimum atomic E-state index is 1.10. The molecule has 0 saturated carbocycles. The van der Waals surface area contributed by atoms with Crippen LogP contribution in [-0.2, 0) is 19.4 Å². The third-order valence-corrected chi connectivity index (χ3v) is 3.86. The first-order chi connectivity index (χ1) is 8.92. The fraction of sp³-hybridized carbons (Fsp3) is 0.800. The highest BCUT2D eigenvalue weighted by Gasteiger charge is 2.14. The number of nitrogens with zero attached hydrogens (tertiary/aromatic N) is 2. The van der Waals surface area contributed by atoms with E-state index in [0.717, 1.165) is 6.54 Å². The Balaban J connectivity index is 1.63. The van der Waals surface area contributed by atoms with Gasteiger partial charge < -0.3 is 9.88 Å². The molecule has 0 saturated heterocycles. The lowest BCUT2D eigenvalue weighted by atomic mass is 10.0. The second-order valence-electron chi connectivity index (χ2n) is 5.31. The Morgan fingerprint density at radius 2 is 2.00 bits per heavy atom. The highest BCUT2D eigenvalue weighted by Crippen LogP contribution is 2.20. The zero-order chi connectivity index (χ0) is 12.6. The van der Waals surface area contributed by atoms with Gasteiger partial charge in [-0.05, 0) is 51.6 Å². The van der Waals surface area contributed by atoms with Gasteiger partial charge in [0.15, 0.2) is 0 Å². The van der Waals surface area contributed by atoms with Crippen molar-refractivity contribution in [1.82, 2.24) is 14.9 Å². The molecular formula is C15H27N3. The minimum absolute atomic E-state index is 1.10. The van der Waals surface area contributed by atoms with E-state index in [1.54, 1.807) is 0 Å². The van der Waals surface area contributed by atoms with E-state index >= 15 is 0 Å². The summed E-state index contributed by atoms with van der Waals surface area (Å²) in [5.41, 5.74) is 2.89. The molecule has 1 N–H and O–H groups in total. The van der Waals surface area contributed by atoms with Crippen molar-refractivity contribution < 1.29 is 0 Å². The van der Waals surface area contributed by atoms with Crippen LogP contribution in [0.15, 0.2) is 6.33 Å². The first-order valence-electron chi connectivity index (χ1n) is 7.65. The average molecular weight is 249 g/mol. The summed E-state index contributed by atoms with van der Waals surface area (Å²) in [7, 11) is 0. The zero-order valence-corrected chi connectivity index (χ0v) is 11.7. The van der Waals surface area contributed by atoms with Gasteiger partial charge in [0.1, 0.15) is 0 Å². The summed E-state index contributed by atoms with van der Waals surface area (Å²) < 4.78 is 2.40. The largest absolute Gasteiger partial charge is 0.334 e. The minimum Gasteiger partial charge on any atom is -0.334 e. The summed E-state index contributed by atoms with van der Waals surface area (Å²) >= 11 is 0. The first kappa shape index (κ1) is 13.6. The second-order valence-corrected chi connectivity index (χ2v) is 5.31. The van der Waals surface area contributed by atoms with E-state index in [-0.39, 0.29) is 0 Å². The van der Waals surface area contributed by atoms with Crippen molar-refractivity contribution in [2.24, 2.45) is 0 Å². The number of rotatable bonds is 8. The smallest absolute Gasteiger partial charge is 0.0951 e. The van der Waals surface area contributed by atoms with Gasteiger partial charge in [-0.25, -0.2) is 4.98 Å². The van der Waals surface area contributed by atoms with Crippen LogP contribution in [0.1, 0.15) is 56.8 Å². The maximum atomic E-state index is 4.55. The SMILES string of the molecule is CCNCCCCCCn1cnc2c1CCCC2. The van der Waals surface area contributed by atoms with Gasteiger partial charge in [0.2, 0.25) is 0 Å². The van der Waals surface area contributed by atoms with E-state index in [1.807, 2.05) is 0 Å². The highest BCUT2D eigenvalue weighted by atomic mass is 15.1. The Labute approximate surface area is 111 Å². The molecule has 0 radical (unpaired) electrons. The number of imidazole rings is 1. The van der Waals surface area contributed by atoms with Crippen molar-refractivity contribution >= 4 is 0 Å². The molecule has 0 fully saturated rings. The van der Waals surface area contributed by atoms with Crippen molar-refractivity contribution in [3.8, 4) is 0 Å².